The molecular formula is C30H46O6. The van der Waals surface area contributed by atoms with Crippen LogP contribution in [0.2, 0.25) is 0 Å². The number of carbonyl (C=O) groups excluding carboxylic acids is 2. The Balaban J connectivity index is 1.61. The van der Waals surface area contributed by atoms with Crippen LogP contribution in [0.4, 0.5) is 0 Å². The summed E-state index contributed by atoms with van der Waals surface area (Å²) in [4.78, 5) is 24.5. The summed E-state index contributed by atoms with van der Waals surface area (Å²) in [6, 6.07) is 7.60. The maximum Gasteiger partial charge on any atom is 0.158 e. The van der Waals surface area contributed by atoms with Crippen LogP contribution in [0.5, 0.6) is 5.75 Å². The van der Waals surface area contributed by atoms with E-state index in [4.69, 9.17) is 9.47 Å². The third-order valence-electron chi connectivity index (χ3n) is 7.13. The van der Waals surface area contributed by atoms with Crippen molar-refractivity contribution in [2.24, 2.45) is 11.8 Å². The van der Waals surface area contributed by atoms with E-state index in [0.717, 1.165) is 62.7 Å². The van der Waals surface area contributed by atoms with E-state index in [2.05, 4.69) is 6.92 Å². The summed E-state index contributed by atoms with van der Waals surface area (Å²) in [7, 11) is 1.63. The van der Waals surface area contributed by atoms with Crippen LogP contribution in [-0.4, -0.2) is 47.2 Å². The average Bonchev–Trinajstić information content (AvgIpc) is 3.12. The molecule has 1 aliphatic carbocycles. The van der Waals surface area contributed by atoms with Gasteiger partial charge in [-0.3, -0.25) is 9.59 Å². The second-order valence-corrected chi connectivity index (χ2v) is 10.5. The van der Waals surface area contributed by atoms with Gasteiger partial charge in [0, 0.05) is 24.7 Å². The number of methoxy groups -OCH3 is 1. The van der Waals surface area contributed by atoms with E-state index in [-0.39, 0.29) is 36.4 Å². The topological polar surface area (TPSA) is 93.1 Å². The Morgan fingerprint density at radius 3 is 2.56 bits per heavy atom. The predicted octanol–water partition coefficient (Wildman–Crippen LogP) is 5.58. The van der Waals surface area contributed by atoms with Crippen molar-refractivity contribution in [1.29, 1.82) is 0 Å². The van der Waals surface area contributed by atoms with Crippen LogP contribution in [0.3, 0.4) is 0 Å². The Labute approximate surface area is 217 Å². The fourth-order valence-electron chi connectivity index (χ4n) is 4.85. The van der Waals surface area contributed by atoms with E-state index in [0.29, 0.717) is 19.4 Å². The van der Waals surface area contributed by atoms with Crippen molar-refractivity contribution in [1.82, 2.24) is 0 Å². The van der Waals surface area contributed by atoms with E-state index in [1.54, 1.807) is 7.11 Å². The first kappa shape index (κ1) is 30.2. The third kappa shape index (κ3) is 10.9. The molecule has 36 heavy (non-hydrogen) atoms. The summed E-state index contributed by atoms with van der Waals surface area (Å²) in [5.41, 5.74) is 0.262. The van der Waals surface area contributed by atoms with Gasteiger partial charge in [-0.1, -0.05) is 63.3 Å². The lowest BCUT2D eigenvalue weighted by Crippen LogP contribution is -2.23. The highest BCUT2D eigenvalue weighted by Gasteiger charge is 2.39. The third-order valence-corrected chi connectivity index (χ3v) is 7.13. The van der Waals surface area contributed by atoms with Crippen LogP contribution < -0.4 is 4.74 Å². The number of hydrogen-bond acceptors (Lipinski definition) is 6. The van der Waals surface area contributed by atoms with Crippen LogP contribution in [0.1, 0.15) is 90.0 Å². The van der Waals surface area contributed by atoms with Crippen molar-refractivity contribution < 1.29 is 29.3 Å². The van der Waals surface area contributed by atoms with E-state index < -0.39 is 11.7 Å². The highest BCUT2D eigenvalue weighted by Crippen LogP contribution is 2.34. The molecule has 0 heterocycles. The van der Waals surface area contributed by atoms with E-state index in [1.807, 2.05) is 43.3 Å². The molecule has 6 heteroatoms. The SMILES string of the molecule is CCCCC(C)(O)CC=C[C@H]1[C@H](O)CC(=O)[C@@H]1CCCCCCC(=O)COCc1ccc(OC)cc1. The molecule has 0 radical (unpaired) electrons. The molecule has 1 fully saturated rings. The molecule has 6 nitrogen and oxygen atoms in total. The monoisotopic (exact) mass is 502 g/mol. The van der Waals surface area contributed by atoms with Gasteiger partial charge in [0.05, 0.1) is 25.4 Å². The standard InChI is InChI=1S/C30H46O6/c1-4-5-18-30(2,34)19-10-13-27-26(28(32)20-29(27)33)12-9-7-6-8-11-24(31)22-36-21-23-14-16-25(35-3)17-15-23/h10,13-17,26-27,29,33-34H,4-9,11-12,18-22H2,1-3H3/t26-,27-,29-,30?/m1/s1. The highest BCUT2D eigenvalue weighted by molar-refractivity contribution is 5.84. The van der Waals surface area contributed by atoms with Gasteiger partial charge in [0.2, 0.25) is 0 Å². The molecule has 0 aromatic heterocycles. The van der Waals surface area contributed by atoms with Crippen molar-refractivity contribution >= 4 is 11.6 Å². The van der Waals surface area contributed by atoms with Crippen LogP contribution in [0, 0.1) is 11.8 Å². The lowest BCUT2D eigenvalue weighted by molar-refractivity contribution is -0.124. The van der Waals surface area contributed by atoms with Crippen LogP contribution in [0.25, 0.3) is 0 Å². The van der Waals surface area contributed by atoms with Crippen LogP contribution in [-0.2, 0) is 20.9 Å². The molecular weight excluding hydrogens is 456 g/mol. The molecule has 1 aliphatic rings. The number of aliphatic hydroxyl groups is 2. The molecule has 0 amide bonds. The van der Waals surface area contributed by atoms with Gasteiger partial charge < -0.3 is 19.7 Å². The van der Waals surface area contributed by atoms with Gasteiger partial charge in [0.1, 0.15) is 18.1 Å². The molecule has 0 saturated heterocycles. The summed E-state index contributed by atoms with van der Waals surface area (Å²) >= 11 is 0. The molecule has 0 spiro atoms. The lowest BCUT2D eigenvalue weighted by atomic mass is 9.87. The van der Waals surface area contributed by atoms with Crippen LogP contribution >= 0.6 is 0 Å². The lowest BCUT2D eigenvalue weighted by Gasteiger charge is -2.22. The van der Waals surface area contributed by atoms with Crippen molar-refractivity contribution in [3.8, 4) is 5.75 Å². The number of aliphatic hydroxyl groups excluding tert-OH is 1. The number of carbonyl (C=O) groups is 2. The maximum absolute atomic E-state index is 12.4. The molecule has 1 saturated carbocycles. The minimum atomic E-state index is -0.742. The second kappa shape index (κ2) is 16.0. The first-order valence-electron chi connectivity index (χ1n) is 13.6. The van der Waals surface area contributed by atoms with Crippen molar-refractivity contribution in [3.63, 3.8) is 0 Å². The van der Waals surface area contributed by atoms with Gasteiger partial charge in [-0.15, -0.1) is 0 Å². The quantitative estimate of drug-likeness (QED) is 0.201. The molecule has 202 valence electrons. The minimum absolute atomic E-state index is 0.109. The first-order chi connectivity index (χ1) is 17.3. The highest BCUT2D eigenvalue weighted by atomic mass is 16.5. The fourth-order valence-corrected chi connectivity index (χ4v) is 4.85. The average molecular weight is 503 g/mol. The Morgan fingerprint density at radius 2 is 1.86 bits per heavy atom. The maximum atomic E-state index is 12.4. The van der Waals surface area contributed by atoms with E-state index >= 15 is 0 Å². The molecule has 4 atom stereocenters. The number of ketones is 2. The fraction of sp³-hybridized carbons (Fsp3) is 0.667. The molecule has 2 rings (SSSR count). The zero-order valence-corrected chi connectivity index (χ0v) is 22.4. The summed E-state index contributed by atoms with van der Waals surface area (Å²) in [5.74, 6) is 0.729. The molecule has 2 N–H and O–H groups in total. The normalized spacial score (nSPS) is 21.7. The van der Waals surface area contributed by atoms with Crippen LogP contribution in [0.15, 0.2) is 36.4 Å². The smallest absolute Gasteiger partial charge is 0.158 e. The molecule has 0 bridgehead atoms. The van der Waals surface area contributed by atoms with Crippen molar-refractivity contribution in [3.05, 3.63) is 42.0 Å². The summed E-state index contributed by atoms with van der Waals surface area (Å²) in [6.45, 7) is 4.48. The van der Waals surface area contributed by atoms with Gasteiger partial charge in [-0.2, -0.15) is 0 Å². The zero-order valence-electron chi connectivity index (χ0n) is 22.4. The number of Topliss-reactive ketones (excluding diaryl/α,β-unsaturated/α-hetero) is 2. The Kier molecular flexibility index (Phi) is 13.4. The number of hydrogen-bond donors (Lipinski definition) is 2. The zero-order chi connectivity index (χ0) is 26.4. The first-order valence-corrected chi connectivity index (χ1v) is 13.6. The summed E-state index contributed by atoms with van der Waals surface area (Å²) in [6.07, 6.45) is 11.7. The number of benzene rings is 1. The molecule has 1 aromatic carbocycles. The Morgan fingerprint density at radius 1 is 1.14 bits per heavy atom. The number of ether oxygens (including phenoxy) is 2. The number of rotatable bonds is 18. The molecule has 1 aromatic rings. The van der Waals surface area contributed by atoms with Crippen molar-refractivity contribution in [2.75, 3.05) is 13.7 Å². The van der Waals surface area contributed by atoms with Gasteiger partial charge in [-0.25, -0.2) is 0 Å². The summed E-state index contributed by atoms with van der Waals surface area (Å²) in [5, 5.41) is 20.8. The largest absolute Gasteiger partial charge is 0.497 e. The number of unbranched alkanes of at least 4 members (excludes halogenated alkanes) is 4. The Bertz CT molecular complexity index is 813. The predicted molar refractivity (Wildman–Crippen MR) is 142 cm³/mol. The van der Waals surface area contributed by atoms with Gasteiger partial charge in [0.15, 0.2) is 5.78 Å². The van der Waals surface area contributed by atoms with Crippen molar-refractivity contribution in [2.45, 2.75) is 103 Å². The van der Waals surface area contributed by atoms with Gasteiger partial charge in [-0.05, 0) is 50.3 Å². The van der Waals surface area contributed by atoms with E-state index in [9.17, 15) is 19.8 Å². The summed E-state index contributed by atoms with van der Waals surface area (Å²) < 4.78 is 10.7. The molecule has 0 aliphatic heterocycles. The molecule has 1 unspecified atom stereocenters. The van der Waals surface area contributed by atoms with Gasteiger partial charge >= 0.3 is 0 Å². The minimum Gasteiger partial charge on any atom is -0.497 e. The van der Waals surface area contributed by atoms with E-state index in [1.165, 1.54) is 0 Å². The Hall–Kier alpha value is -2.02. The van der Waals surface area contributed by atoms with Gasteiger partial charge in [0.25, 0.3) is 0 Å². The second-order valence-electron chi connectivity index (χ2n) is 10.5.